The predicted octanol–water partition coefficient (Wildman–Crippen LogP) is 12.0. The van der Waals surface area contributed by atoms with Gasteiger partial charge in [-0.2, -0.15) is 0 Å². The van der Waals surface area contributed by atoms with E-state index >= 15 is 0 Å². The van der Waals surface area contributed by atoms with Gasteiger partial charge in [-0.15, -0.1) is 0 Å². The van der Waals surface area contributed by atoms with Gasteiger partial charge >= 0.3 is 0 Å². The summed E-state index contributed by atoms with van der Waals surface area (Å²) >= 11 is 0. The Kier molecular flexibility index (Phi) is 5.57. The Labute approximate surface area is 270 Å². The first-order valence-electron chi connectivity index (χ1n) is 15.9. The Morgan fingerprint density at radius 3 is 1.70 bits per heavy atom. The standard InChI is InChI=1S/C44H26N2O/c1-2-12-27(13-3-1)28-22-24-29(25-23-28)42-34-18-8-10-20-38(34)45-44(46-42)37-26-36-32-16-5-4-14-30(32)31-15-6-7-17-33(31)40(36)43-41(37)35-19-9-11-21-39(35)47-43/h1-26H. The highest BCUT2D eigenvalue weighted by molar-refractivity contribution is 6.34. The van der Waals surface area contributed by atoms with Crippen LogP contribution >= 0.6 is 0 Å². The zero-order valence-corrected chi connectivity index (χ0v) is 25.3. The molecular formula is C44H26N2O. The lowest BCUT2D eigenvalue weighted by molar-refractivity contribution is 0.673. The molecule has 0 aliphatic rings. The number of rotatable bonds is 3. The molecule has 0 atom stereocenters. The van der Waals surface area contributed by atoms with Crippen LogP contribution in [0.4, 0.5) is 0 Å². The van der Waals surface area contributed by atoms with Gasteiger partial charge in [0.25, 0.3) is 0 Å². The number of hydrogen-bond donors (Lipinski definition) is 0. The molecule has 3 heteroatoms. The van der Waals surface area contributed by atoms with Crippen LogP contribution in [-0.4, -0.2) is 9.97 Å². The molecule has 0 spiro atoms. The molecule has 0 saturated carbocycles. The monoisotopic (exact) mass is 598 g/mol. The number of furan rings is 1. The normalized spacial score (nSPS) is 11.8. The van der Waals surface area contributed by atoms with E-state index in [1.807, 2.05) is 18.2 Å². The van der Waals surface area contributed by atoms with Gasteiger partial charge in [0.2, 0.25) is 0 Å². The topological polar surface area (TPSA) is 38.9 Å². The lowest BCUT2D eigenvalue weighted by Gasteiger charge is -2.14. The molecule has 0 aliphatic carbocycles. The van der Waals surface area contributed by atoms with Gasteiger partial charge in [0, 0.05) is 32.7 Å². The summed E-state index contributed by atoms with van der Waals surface area (Å²) in [6.45, 7) is 0. The van der Waals surface area contributed by atoms with Crippen molar-refractivity contribution in [1.29, 1.82) is 0 Å². The molecule has 0 radical (unpaired) electrons. The van der Waals surface area contributed by atoms with Crippen molar-refractivity contribution in [3.8, 4) is 33.8 Å². The molecule has 0 aliphatic heterocycles. The molecule has 10 rings (SSSR count). The molecule has 0 saturated heterocycles. The Hall–Kier alpha value is -6.32. The molecule has 0 bridgehead atoms. The van der Waals surface area contributed by atoms with E-state index in [-0.39, 0.29) is 0 Å². The molecule has 0 unspecified atom stereocenters. The van der Waals surface area contributed by atoms with Crippen LogP contribution in [0.25, 0.3) is 98.9 Å². The summed E-state index contributed by atoms with van der Waals surface area (Å²) in [6.07, 6.45) is 0. The van der Waals surface area contributed by atoms with Crippen LogP contribution in [0, 0.1) is 0 Å². The molecule has 218 valence electrons. The number of nitrogens with zero attached hydrogens (tertiary/aromatic N) is 2. The summed E-state index contributed by atoms with van der Waals surface area (Å²) in [6, 6.07) is 55.3. The Morgan fingerprint density at radius 2 is 0.936 bits per heavy atom. The average Bonchev–Trinajstić information content (AvgIpc) is 3.54. The van der Waals surface area contributed by atoms with Crippen molar-refractivity contribution in [2.45, 2.75) is 0 Å². The number of para-hydroxylation sites is 2. The maximum atomic E-state index is 6.79. The highest BCUT2D eigenvalue weighted by Crippen LogP contribution is 2.46. The van der Waals surface area contributed by atoms with Crippen molar-refractivity contribution in [1.82, 2.24) is 9.97 Å². The lowest BCUT2D eigenvalue weighted by atomic mass is 9.91. The van der Waals surface area contributed by atoms with Crippen LogP contribution in [0.3, 0.4) is 0 Å². The maximum absolute atomic E-state index is 6.79. The van der Waals surface area contributed by atoms with Crippen LogP contribution < -0.4 is 0 Å². The second-order valence-corrected chi connectivity index (χ2v) is 12.1. The smallest absolute Gasteiger partial charge is 0.161 e. The van der Waals surface area contributed by atoms with Gasteiger partial charge in [0.1, 0.15) is 11.2 Å². The fourth-order valence-electron chi connectivity index (χ4n) is 7.31. The van der Waals surface area contributed by atoms with E-state index in [1.54, 1.807) is 0 Å². The third kappa shape index (κ3) is 3.93. The van der Waals surface area contributed by atoms with Crippen molar-refractivity contribution < 1.29 is 4.42 Å². The number of fused-ring (bicyclic) bond motifs is 11. The SMILES string of the molecule is c1ccc(-c2ccc(-c3nc(-c4cc5c6ccccc6c6ccccc6c5c5oc6ccccc6c45)nc4ccccc34)cc2)cc1. The highest BCUT2D eigenvalue weighted by Gasteiger charge is 2.22. The largest absolute Gasteiger partial charge is 0.455 e. The van der Waals surface area contributed by atoms with Crippen molar-refractivity contribution in [3.05, 3.63) is 158 Å². The van der Waals surface area contributed by atoms with E-state index in [0.717, 1.165) is 60.4 Å². The molecule has 0 amide bonds. The fourth-order valence-corrected chi connectivity index (χ4v) is 7.31. The first kappa shape index (κ1) is 26.0. The van der Waals surface area contributed by atoms with Gasteiger partial charge in [-0.05, 0) is 56.3 Å². The average molecular weight is 599 g/mol. The van der Waals surface area contributed by atoms with Gasteiger partial charge in [-0.1, -0.05) is 140 Å². The van der Waals surface area contributed by atoms with Gasteiger partial charge in [-0.3, -0.25) is 0 Å². The van der Waals surface area contributed by atoms with Crippen LogP contribution in [0.2, 0.25) is 0 Å². The molecule has 0 N–H and O–H groups in total. The summed E-state index contributed by atoms with van der Waals surface area (Å²) < 4.78 is 6.79. The third-order valence-electron chi connectivity index (χ3n) is 9.46. The van der Waals surface area contributed by atoms with E-state index < -0.39 is 0 Å². The van der Waals surface area contributed by atoms with E-state index in [9.17, 15) is 0 Å². The molecule has 0 fully saturated rings. The minimum atomic E-state index is 0.682. The summed E-state index contributed by atoms with van der Waals surface area (Å²) in [5, 5.41) is 10.2. The zero-order valence-electron chi connectivity index (χ0n) is 25.3. The molecule has 10 aromatic rings. The lowest BCUT2D eigenvalue weighted by Crippen LogP contribution is -1.96. The molecule has 3 nitrogen and oxygen atoms in total. The Bertz CT molecular complexity index is 2830. The summed E-state index contributed by atoms with van der Waals surface area (Å²) in [5.74, 6) is 0.682. The van der Waals surface area contributed by atoms with Crippen LogP contribution in [0.5, 0.6) is 0 Å². The molecule has 8 aromatic carbocycles. The number of hydrogen-bond acceptors (Lipinski definition) is 3. The summed E-state index contributed by atoms with van der Waals surface area (Å²) in [7, 11) is 0. The number of benzene rings is 8. The van der Waals surface area contributed by atoms with Crippen LogP contribution in [-0.2, 0) is 0 Å². The first-order chi connectivity index (χ1) is 23.3. The first-order valence-corrected chi connectivity index (χ1v) is 15.9. The molecule has 47 heavy (non-hydrogen) atoms. The van der Waals surface area contributed by atoms with Gasteiger partial charge < -0.3 is 4.42 Å². The van der Waals surface area contributed by atoms with Crippen LogP contribution in [0.15, 0.2) is 162 Å². The fraction of sp³-hybridized carbons (Fsp3) is 0. The second-order valence-electron chi connectivity index (χ2n) is 12.1. The number of aromatic nitrogens is 2. The highest BCUT2D eigenvalue weighted by atomic mass is 16.3. The van der Waals surface area contributed by atoms with E-state index in [2.05, 4.69) is 140 Å². The van der Waals surface area contributed by atoms with Gasteiger partial charge in [0.05, 0.1) is 11.2 Å². The van der Waals surface area contributed by atoms with Gasteiger partial charge in [-0.25, -0.2) is 9.97 Å². The van der Waals surface area contributed by atoms with Gasteiger partial charge in [0.15, 0.2) is 5.82 Å². The van der Waals surface area contributed by atoms with Crippen LogP contribution in [0.1, 0.15) is 0 Å². The van der Waals surface area contributed by atoms with E-state index in [4.69, 9.17) is 14.4 Å². The Balaban J connectivity index is 1.31. The summed E-state index contributed by atoms with van der Waals surface area (Å²) in [5.41, 5.74) is 7.92. The molecular weight excluding hydrogens is 572 g/mol. The van der Waals surface area contributed by atoms with Crippen molar-refractivity contribution >= 4 is 65.2 Å². The second kappa shape index (κ2) is 10.1. The minimum absolute atomic E-state index is 0.682. The maximum Gasteiger partial charge on any atom is 0.161 e. The minimum Gasteiger partial charge on any atom is -0.455 e. The predicted molar refractivity (Wildman–Crippen MR) is 196 cm³/mol. The quantitative estimate of drug-likeness (QED) is 0.190. The van der Waals surface area contributed by atoms with E-state index in [1.165, 1.54) is 32.7 Å². The third-order valence-corrected chi connectivity index (χ3v) is 9.46. The Morgan fingerprint density at radius 1 is 0.383 bits per heavy atom. The van der Waals surface area contributed by atoms with E-state index in [0.29, 0.717) is 5.82 Å². The van der Waals surface area contributed by atoms with Crippen molar-refractivity contribution in [2.24, 2.45) is 0 Å². The summed E-state index contributed by atoms with van der Waals surface area (Å²) in [4.78, 5) is 10.6. The molecule has 2 aromatic heterocycles. The van der Waals surface area contributed by atoms with Crippen molar-refractivity contribution in [3.63, 3.8) is 0 Å². The molecule has 2 heterocycles. The zero-order chi connectivity index (χ0) is 30.9. The van der Waals surface area contributed by atoms with Crippen molar-refractivity contribution in [2.75, 3.05) is 0 Å².